The van der Waals surface area contributed by atoms with E-state index in [1.165, 1.54) is 19.1 Å². The van der Waals surface area contributed by atoms with Gasteiger partial charge in [-0.1, -0.05) is 66.7 Å². The third-order valence-electron chi connectivity index (χ3n) is 8.70. The van der Waals surface area contributed by atoms with Gasteiger partial charge in [-0.2, -0.15) is 0 Å². The number of esters is 1. The first-order valence-corrected chi connectivity index (χ1v) is 15.7. The van der Waals surface area contributed by atoms with Gasteiger partial charge < -0.3 is 30.2 Å². The summed E-state index contributed by atoms with van der Waals surface area (Å²) >= 11 is 0. The summed E-state index contributed by atoms with van der Waals surface area (Å²) in [6.45, 7) is 2.96. The van der Waals surface area contributed by atoms with Gasteiger partial charge in [-0.3, -0.25) is 24.7 Å². The Morgan fingerprint density at radius 3 is 2.27 bits per heavy atom. The number of nitrogens with two attached hydrogens (primary N) is 1. The molecule has 1 heterocycles. The maximum Gasteiger partial charge on any atom is 0.328 e. The number of urea groups is 1. The molecule has 4 amide bonds. The summed E-state index contributed by atoms with van der Waals surface area (Å²) in [5, 5.41) is 12.6. The summed E-state index contributed by atoms with van der Waals surface area (Å²) in [5.74, 6) is -1.08. The number of benzene rings is 4. The molecule has 2 unspecified atom stereocenters. The highest BCUT2D eigenvalue weighted by atomic mass is 16.5. The first-order chi connectivity index (χ1) is 23.5. The van der Waals surface area contributed by atoms with E-state index in [9.17, 15) is 19.2 Å². The van der Waals surface area contributed by atoms with Gasteiger partial charge in [0.05, 0.1) is 33.3 Å². The van der Waals surface area contributed by atoms with Crippen LogP contribution in [0.15, 0.2) is 84.9 Å². The number of nitrogens with one attached hydrogen (secondary N) is 2. The third-order valence-corrected chi connectivity index (χ3v) is 8.70. The Morgan fingerprint density at radius 1 is 0.918 bits per heavy atom. The van der Waals surface area contributed by atoms with E-state index in [2.05, 4.69) is 5.32 Å². The molecule has 1 saturated heterocycles. The van der Waals surface area contributed by atoms with Gasteiger partial charge in [-0.25, -0.2) is 4.79 Å². The second-order valence-electron chi connectivity index (χ2n) is 11.7. The summed E-state index contributed by atoms with van der Waals surface area (Å²) in [4.78, 5) is 57.0. The minimum absolute atomic E-state index is 0.0790. The van der Waals surface area contributed by atoms with Gasteiger partial charge in [0.1, 0.15) is 17.9 Å². The topological polar surface area (TPSA) is 164 Å². The number of amidine groups is 1. The molecule has 0 spiro atoms. The smallest absolute Gasteiger partial charge is 0.328 e. The van der Waals surface area contributed by atoms with Crippen LogP contribution in [-0.4, -0.2) is 66.8 Å². The number of nitrogen functional groups attached to an aromatic ring is 1. The zero-order valence-corrected chi connectivity index (χ0v) is 27.8. The molecular weight excluding hydrogens is 626 g/mol. The molecule has 0 aromatic heterocycles. The van der Waals surface area contributed by atoms with Crippen molar-refractivity contribution in [3.63, 3.8) is 0 Å². The fourth-order valence-corrected chi connectivity index (χ4v) is 6.03. The minimum atomic E-state index is -1.49. The van der Waals surface area contributed by atoms with Crippen LogP contribution in [0.3, 0.4) is 0 Å². The minimum Gasteiger partial charge on any atom is -0.493 e. The largest absolute Gasteiger partial charge is 0.493 e. The number of hydrogen-bond acceptors (Lipinski definition) is 8. The molecule has 5 rings (SSSR count). The summed E-state index contributed by atoms with van der Waals surface area (Å²) in [5.41, 5.74) is 6.45. The van der Waals surface area contributed by atoms with Crippen molar-refractivity contribution >= 4 is 40.4 Å². The summed E-state index contributed by atoms with van der Waals surface area (Å²) in [7, 11) is 2.97. The number of nitrogens with zero attached hydrogens (tertiary/aromatic N) is 2. The molecule has 12 heteroatoms. The Kier molecular flexibility index (Phi) is 10.2. The highest BCUT2D eigenvalue weighted by Crippen LogP contribution is 2.39. The zero-order valence-electron chi connectivity index (χ0n) is 27.8. The van der Waals surface area contributed by atoms with E-state index in [1.807, 2.05) is 42.5 Å². The van der Waals surface area contributed by atoms with Crippen molar-refractivity contribution in [3.8, 4) is 11.5 Å². The predicted octanol–water partition coefficient (Wildman–Crippen LogP) is 4.63. The van der Waals surface area contributed by atoms with E-state index < -0.39 is 41.9 Å². The van der Waals surface area contributed by atoms with Crippen molar-refractivity contribution in [3.05, 3.63) is 107 Å². The van der Waals surface area contributed by atoms with Crippen LogP contribution in [0, 0.1) is 5.41 Å². The zero-order chi connectivity index (χ0) is 35.3. The van der Waals surface area contributed by atoms with E-state index in [4.69, 9.17) is 25.4 Å². The number of amides is 4. The van der Waals surface area contributed by atoms with Crippen LogP contribution in [0.2, 0.25) is 0 Å². The molecule has 0 bridgehead atoms. The second kappa shape index (κ2) is 14.5. The normalized spacial score (nSPS) is 16.4. The monoisotopic (exact) mass is 665 g/mol. The molecule has 4 N–H and O–H groups in total. The van der Waals surface area contributed by atoms with E-state index >= 15 is 0 Å². The fraction of sp³-hybridized carbons (Fsp3) is 0.270. The van der Waals surface area contributed by atoms with Crippen molar-refractivity contribution in [2.24, 2.45) is 5.73 Å². The summed E-state index contributed by atoms with van der Waals surface area (Å²) in [6, 6.07) is 23.7. The lowest BCUT2D eigenvalue weighted by atomic mass is 9.89. The average Bonchev–Trinajstić information content (AvgIpc) is 3.28. The van der Waals surface area contributed by atoms with Crippen LogP contribution in [0.4, 0.5) is 4.79 Å². The Labute approximate surface area is 284 Å². The van der Waals surface area contributed by atoms with Crippen LogP contribution in [0.25, 0.3) is 10.8 Å². The van der Waals surface area contributed by atoms with Crippen LogP contribution in [0.5, 0.6) is 11.5 Å². The number of carbonyl (C=O) groups excluding carboxylic acids is 4. The number of hydrogen-bond donors (Lipinski definition) is 3. The standard InChI is InChI=1S/C37H39N5O7/c1-5-49-33(44)20-29(27-14-17-30(47-3)31(19-27)48-4)40-32(43)22-41-35(45)37(2,28-15-12-25(13-16-28)34(38)39)42(36(41)46)21-23-10-11-24-8-6-7-9-26(24)18-23/h6-19,29H,5,20-22H2,1-4H3,(H3,38,39)(H,40,43). The Balaban J connectivity index is 1.46. The Bertz CT molecular complexity index is 1910. The van der Waals surface area contributed by atoms with Gasteiger partial charge in [0.25, 0.3) is 5.91 Å². The number of methoxy groups -OCH3 is 2. The second-order valence-corrected chi connectivity index (χ2v) is 11.7. The molecule has 1 aliphatic heterocycles. The molecular formula is C37H39N5O7. The molecule has 12 nitrogen and oxygen atoms in total. The van der Waals surface area contributed by atoms with Crippen LogP contribution in [0.1, 0.15) is 48.6 Å². The molecule has 0 saturated carbocycles. The van der Waals surface area contributed by atoms with Crippen molar-refractivity contribution in [1.82, 2.24) is 15.1 Å². The molecule has 0 radical (unpaired) electrons. The van der Waals surface area contributed by atoms with Crippen molar-refractivity contribution < 1.29 is 33.4 Å². The summed E-state index contributed by atoms with van der Waals surface area (Å²) < 4.78 is 15.9. The van der Waals surface area contributed by atoms with Gasteiger partial charge in [-0.05, 0) is 59.5 Å². The number of imide groups is 1. The van der Waals surface area contributed by atoms with Crippen LogP contribution in [-0.2, 0) is 31.2 Å². The van der Waals surface area contributed by atoms with E-state index in [1.54, 1.807) is 56.3 Å². The van der Waals surface area contributed by atoms with Gasteiger partial charge in [0.2, 0.25) is 5.91 Å². The third kappa shape index (κ3) is 7.03. The Hall–Kier alpha value is -5.91. The first kappa shape index (κ1) is 34.4. The quantitative estimate of drug-likeness (QED) is 0.0805. The Morgan fingerprint density at radius 2 is 1.61 bits per heavy atom. The molecule has 2 atom stereocenters. The number of ether oxygens (including phenoxy) is 3. The predicted molar refractivity (Wildman–Crippen MR) is 183 cm³/mol. The lowest BCUT2D eigenvalue weighted by molar-refractivity contribution is -0.144. The van der Waals surface area contributed by atoms with E-state index in [0.29, 0.717) is 28.2 Å². The molecule has 1 fully saturated rings. The van der Waals surface area contributed by atoms with E-state index in [0.717, 1.165) is 21.2 Å². The van der Waals surface area contributed by atoms with Crippen molar-refractivity contribution in [1.29, 1.82) is 5.41 Å². The summed E-state index contributed by atoms with van der Waals surface area (Å²) in [6.07, 6.45) is -0.203. The molecule has 1 aliphatic rings. The average molecular weight is 666 g/mol. The maximum atomic E-state index is 14.3. The SMILES string of the molecule is CCOC(=O)CC(NC(=O)CN1C(=O)N(Cc2ccc3ccccc3c2)C(C)(c2ccc(C(=N)N)cc2)C1=O)c1ccc(OC)c(OC)c1. The van der Waals surface area contributed by atoms with Gasteiger partial charge >= 0.3 is 12.0 Å². The lowest BCUT2D eigenvalue weighted by Gasteiger charge is -2.32. The van der Waals surface area contributed by atoms with Gasteiger partial charge in [0, 0.05) is 12.1 Å². The number of fused-ring (bicyclic) bond motifs is 1. The van der Waals surface area contributed by atoms with Crippen molar-refractivity contribution in [2.45, 2.75) is 38.4 Å². The fourth-order valence-electron chi connectivity index (χ4n) is 6.03. The first-order valence-electron chi connectivity index (χ1n) is 15.7. The molecule has 4 aromatic rings. The molecule has 0 aliphatic carbocycles. The van der Waals surface area contributed by atoms with Gasteiger partial charge in [0.15, 0.2) is 11.5 Å². The van der Waals surface area contributed by atoms with Crippen LogP contribution >= 0.6 is 0 Å². The maximum absolute atomic E-state index is 14.3. The highest BCUT2D eigenvalue weighted by molar-refractivity contribution is 6.09. The van der Waals surface area contributed by atoms with Crippen LogP contribution < -0.4 is 20.5 Å². The molecule has 4 aromatic carbocycles. The van der Waals surface area contributed by atoms with Gasteiger partial charge in [-0.15, -0.1) is 0 Å². The van der Waals surface area contributed by atoms with Crippen molar-refractivity contribution in [2.75, 3.05) is 27.4 Å². The van der Waals surface area contributed by atoms with E-state index in [-0.39, 0.29) is 25.4 Å². The molecule has 254 valence electrons. The highest BCUT2D eigenvalue weighted by Gasteiger charge is 2.55. The lowest BCUT2D eigenvalue weighted by Crippen LogP contribution is -2.44. The molecule has 49 heavy (non-hydrogen) atoms. The number of rotatable bonds is 13. The number of carbonyl (C=O) groups is 4.